The predicted octanol–water partition coefficient (Wildman–Crippen LogP) is 3.70. The largest absolute Gasteiger partial charge is 0.379 e. The Hall–Kier alpha value is -1.57. The molecule has 3 rings (SSSR count). The molecular weight excluding hydrogens is 333 g/mol. The van der Waals surface area contributed by atoms with E-state index in [0.717, 1.165) is 27.6 Å². The van der Waals surface area contributed by atoms with E-state index in [2.05, 4.69) is 9.62 Å². The molecule has 122 valence electrons. The average Bonchev–Trinajstić information content (AvgIpc) is 3.27. The number of rotatable bonds is 7. The maximum Gasteiger partial charge on any atom is 0.251 e. The van der Waals surface area contributed by atoms with Gasteiger partial charge in [-0.1, -0.05) is 12.1 Å². The van der Waals surface area contributed by atoms with Crippen molar-refractivity contribution in [2.24, 2.45) is 5.73 Å². The summed E-state index contributed by atoms with van der Waals surface area (Å²) in [5.74, 6) is -0.645. The number of carbonyl (C=O) groups is 1. The molecule has 4 nitrogen and oxygen atoms in total. The van der Waals surface area contributed by atoms with Crippen LogP contribution in [0.15, 0.2) is 34.5 Å². The van der Waals surface area contributed by atoms with Crippen LogP contribution in [0.2, 0.25) is 0 Å². The van der Waals surface area contributed by atoms with Crippen LogP contribution in [0.4, 0.5) is 9.39 Å². The highest BCUT2D eigenvalue weighted by molar-refractivity contribution is 7.99. The fraction of sp³-hybridized carbons (Fsp3) is 0.312. The van der Waals surface area contributed by atoms with E-state index >= 15 is 0 Å². The first-order chi connectivity index (χ1) is 11.1. The monoisotopic (exact) mass is 351 g/mol. The van der Waals surface area contributed by atoms with Crippen molar-refractivity contribution in [2.75, 3.05) is 12.4 Å². The van der Waals surface area contributed by atoms with Crippen molar-refractivity contribution >= 4 is 34.2 Å². The van der Waals surface area contributed by atoms with Crippen molar-refractivity contribution in [3.05, 3.63) is 47.3 Å². The van der Waals surface area contributed by atoms with E-state index in [-0.39, 0.29) is 5.82 Å². The highest BCUT2D eigenvalue weighted by atomic mass is 32.2. The number of carbonyl (C=O) groups excluding carboxylic acids is 1. The van der Waals surface area contributed by atoms with Gasteiger partial charge in [-0.15, -0.1) is 11.3 Å². The van der Waals surface area contributed by atoms with Crippen molar-refractivity contribution in [1.29, 1.82) is 0 Å². The minimum atomic E-state index is -0.430. The number of hydrogen-bond acceptors (Lipinski definition) is 5. The maximum absolute atomic E-state index is 13.4. The number of benzene rings is 1. The van der Waals surface area contributed by atoms with Crippen molar-refractivity contribution in [3.63, 3.8) is 0 Å². The predicted molar refractivity (Wildman–Crippen MR) is 93.2 cm³/mol. The van der Waals surface area contributed by atoms with Gasteiger partial charge < -0.3 is 11.1 Å². The molecule has 0 saturated heterocycles. The van der Waals surface area contributed by atoms with Crippen LogP contribution < -0.4 is 11.1 Å². The van der Waals surface area contributed by atoms with Crippen LogP contribution in [-0.4, -0.2) is 23.3 Å². The van der Waals surface area contributed by atoms with Crippen LogP contribution in [-0.2, 0) is 6.54 Å². The molecule has 1 aliphatic carbocycles. The number of anilines is 1. The first-order valence-electron chi connectivity index (χ1n) is 7.37. The molecule has 2 aromatic rings. The van der Waals surface area contributed by atoms with Gasteiger partial charge in [-0.25, -0.2) is 8.70 Å². The molecule has 0 unspecified atom stereocenters. The minimum Gasteiger partial charge on any atom is -0.379 e. The standard InChI is InChI=1S/C16H18FN3OS2/c1-19-16-13(15(18)21)8-14(22-16)23-20(12-5-6-12)9-10-3-2-4-11(17)7-10/h2-4,7-8,12,19H,5-6,9H2,1H3,(H2,18,21). The quantitative estimate of drug-likeness (QED) is 0.747. The summed E-state index contributed by atoms with van der Waals surface area (Å²) >= 11 is 3.12. The van der Waals surface area contributed by atoms with Gasteiger partial charge in [0, 0.05) is 19.6 Å². The van der Waals surface area contributed by atoms with E-state index in [1.165, 1.54) is 17.4 Å². The Morgan fingerprint density at radius 3 is 2.83 bits per heavy atom. The number of nitrogens with one attached hydrogen (secondary N) is 1. The Balaban J connectivity index is 1.76. The highest BCUT2D eigenvalue weighted by Crippen LogP contribution is 2.42. The molecule has 3 N–H and O–H groups in total. The van der Waals surface area contributed by atoms with E-state index in [0.29, 0.717) is 18.2 Å². The third-order valence-electron chi connectivity index (χ3n) is 3.59. The molecule has 1 fully saturated rings. The van der Waals surface area contributed by atoms with E-state index < -0.39 is 5.91 Å². The number of halogens is 1. The second kappa shape index (κ2) is 6.90. The topological polar surface area (TPSA) is 58.4 Å². The first-order valence-corrected chi connectivity index (χ1v) is 8.96. The zero-order valence-corrected chi connectivity index (χ0v) is 14.3. The summed E-state index contributed by atoms with van der Waals surface area (Å²) in [4.78, 5) is 11.5. The van der Waals surface area contributed by atoms with Gasteiger partial charge in [0.05, 0.1) is 9.77 Å². The molecule has 0 spiro atoms. The van der Waals surface area contributed by atoms with Crippen LogP contribution >= 0.6 is 23.3 Å². The smallest absolute Gasteiger partial charge is 0.251 e. The third kappa shape index (κ3) is 4.04. The lowest BCUT2D eigenvalue weighted by Gasteiger charge is -2.19. The Bertz CT molecular complexity index is 715. The second-order valence-electron chi connectivity index (χ2n) is 5.45. The molecule has 1 saturated carbocycles. The number of hydrogen-bond donors (Lipinski definition) is 2. The zero-order valence-electron chi connectivity index (χ0n) is 12.7. The molecular formula is C16H18FN3OS2. The van der Waals surface area contributed by atoms with Crippen molar-refractivity contribution in [1.82, 2.24) is 4.31 Å². The van der Waals surface area contributed by atoms with Crippen LogP contribution in [0.5, 0.6) is 0 Å². The van der Waals surface area contributed by atoms with Crippen LogP contribution in [0.25, 0.3) is 0 Å². The number of nitrogens with two attached hydrogens (primary N) is 1. The van der Waals surface area contributed by atoms with Crippen LogP contribution in [0.3, 0.4) is 0 Å². The summed E-state index contributed by atoms with van der Waals surface area (Å²) in [6.45, 7) is 0.672. The summed E-state index contributed by atoms with van der Waals surface area (Å²) in [5, 5.41) is 3.79. The number of amides is 1. The summed E-state index contributed by atoms with van der Waals surface area (Å²) in [5.41, 5.74) is 6.87. The molecule has 7 heteroatoms. The van der Waals surface area contributed by atoms with Gasteiger partial charge in [0.1, 0.15) is 10.8 Å². The minimum absolute atomic E-state index is 0.215. The Labute approximate surface area is 143 Å². The zero-order chi connectivity index (χ0) is 16.4. The molecule has 1 aliphatic rings. The Morgan fingerprint density at radius 1 is 1.48 bits per heavy atom. The lowest BCUT2D eigenvalue weighted by Crippen LogP contribution is -2.17. The molecule has 0 aliphatic heterocycles. The lowest BCUT2D eigenvalue weighted by molar-refractivity contribution is 0.100. The SMILES string of the molecule is CNc1sc(SN(Cc2cccc(F)c2)C2CC2)cc1C(N)=O. The molecule has 1 amide bonds. The van der Waals surface area contributed by atoms with Gasteiger partial charge in [0.15, 0.2) is 0 Å². The fourth-order valence-corrected chi connectivity index (χ4v) is 4.72. The normalized spacial score (nSPS) is 14.2. The number of thiophene rings is 1. The van der Waals surface area contributed by atoms with Gasteiger partial charge in [-0.3, -0.25) is 4.79 Å². The van der Waals surface area contributed by atoms with Crippen LogP contribution in [0, 0.1) is 5.82 Å². The average molecular weight is 351 g/mol. The highest BCUT2D eigenvalue weighted by Gasteiger charge is 2.30. The molecule has 0 bridgehead atoms. The van der Waals surface area contributed by atoms with E-state index in [9.17, 15) is 9.18 Å². The van der Waals surface area contributed by atoms with E-state index in [1.807, 2.05) is 12.1 Å². The van der Waals surface area contributed by atoms with E-state index in [1.54, 1.807) is 31.1 Å². The first kappa shape index (κ1) is 16.3. The van der Waals surface area contributed by atoms with Gasteiger partial charge in [-0.2, -0.15) is 0 Å². The van der Waals surface area contributed by atoms with Crippen molar-refractivity contribution in [2.45, 2.75) is 29.6 Å². The Kier molecular flexibility index (Phi) is 4.89. The molecule has 0 radical (unpaired) electrons. The summed E-state index contributed by atoms with van der Waals surface area (Å²) in [6.07, 6.45) is 2.30. The van der Waals surface area contributed by atoms with E-state index in [4.69, 9.17) is 5.73 Å². The second-order valence-corrected chi connectivity index (χ2v) is 7.85. The summed E-state index contributed by atoms with van der Waals surface area (Å²) in [7, 11) is 1.78. The molecule has 1 heterocycles. The third-order valence-corrected chi connectivity index (χ3v) is 5.97. The van der Waals surface area contributed by atoms with Gasteiger partial charge in [0.25, 0.3) is 5.91 Å². The molecule has 1 aromatic heterocycles. The summed E-state index contributed by atoms with van der Waals surface area (Å²) < 4.78 is 16.6. The van der Waals surface area contributed by atoms with Crippen molar-refractivity contribution in [3.8, 4) is 0 Å². The number of nitrogens with zero attached hydrogens (tertiary/aromatic N) is 1. The Morgan fingerprint density at radius 2 is 2.26 bits per heavy atom. The molecule has 23 heavy (non-hydrogen) atoms. The van der Waals surface area contributed by atoms with Crippen LogP contribution in [0.1, 0.15) is 28.8 Å². The summed E-state index contributed by atoms with van der Waals surface area (Å²) in [6, 6.07) is 9.01. The van der Waals surface area contributed by atoms with Gasteiger partial charge in [0.2, 0.25) is 0 Å². The molecule has 0 atom stereocenters. The fourth-order valence-electron chi connectivity index (χ4n) is 2.31. The maximum atomic E-state index is 13.4. The lowest BCUT2D eigenvalue weighted by atomic mass is 10.2. The van der Waals surface area contributed by atoms with Gasteiger partial charge >= 0.3 is 0 Å². The van der Waals surface area contributed by atoms with Gasteiger partial charge in [-0.05, 0) is 48.6 Å². The van der Waals surface area contributed by atoms with Crippen molar-refractivity contribution < 1.29 is 9.18 Å². The molecule has 1 aromatic carbocycles. The number of primary amides is 1.